The van der Waals surface area contributed by atoms with Crippen LogP contribution in [0.2, 0.25) is 0 Å². The average molecular weight is 295 g/mol. The predicted octanol–water partition coefficient (Wildman–Crippen LogP) is 1.08. The van der Waals surface area contributed by atoms with Gasteiger partial charge in [-0.1, -0.05) is 6.07 Å². The van der Waals surface area contributed by atoms with E-state index >= 15 is 0 Å². The summed E-state index contributed by atoms with van der Waals surface area (Å²) >= 11 is 0. The van der Waals surface area contributed by atoms with Crippen molar-refractivity contribution in [2.45, 2.75) is 0 Å². The Hall–Kier alpha value is 0.631. The monoisotopic (exact) mass is 293 g/mol. The van der Waals surface area contributed by atoms with E-state index in [0.29, 0.717) is 0 Å². The predicted molar refractivity (Wildman–Crippen MR) is 24.2 cm³/mol. The number of hydrogen-bond donors (Lipinski definition) is 0. The topological polar surface area (TPSA) is 12.9 Å². The van der Waals surface area contributed by atoms with Crippen molar-refractivity contribution in [3.63, 3.8) is 0 Å². The van der Waals surface area contributed by atoms with Gasteiger partial charge in [0.05, 0.1) is 0 Å². The van der Waals surface area contributed by atoms with Crippen LogP contribution in [0.25, 0.3) is 0 Å². The van der Waals surface area contributed by atoms with Gasteiger partial charge in [-0.15, -0.1) is 0 Å². The third-order valence-corrected chi connectivity index (χ3v) is 0.566. The molecule has 50 valence electrons. The van der Waals surface area contributed by atoms with Crippen molar-refractivity contribution in [2.75, 3.05) is 0 Å². The molecule has 1 nitrogen and oxygen atoms in total. The molecule has 0 radical (unpaired) electrons. The number of rotatable bonds is 0. The summed E-state index contributed by atoms with van der Waals surface area (Å²) in [5, 5.41) is 0. The normalized spacial score (nSPS) is 6.00. The van der Waals surface area contributed by atoms with Gasteiger partial charge in [0.2, 0.25) is 0 Å². The maximum Gasteiger partial charge on any atom is 1.00 e. The number of aromatic nitrogens is 1. The fourth-order valence-electron chi connectivity index (χ4n) is 0.313. The van der Waals surface area contributed by atoms with Crippen molar-refractivity contribution in [1.29, 1.82) is 0 Å². The van der Waals surface area contributed by atoms with E-state index in [0.717, 1.165) is 0 Å². The van der Waals surface area contributed by atoms with Crippen LogP contribution in [0.1, 0.15) is 0 Å². The summed E-state index contributed by atoms with van der Waals surface area (Å²) in [4.78, 5) is 3.78. The second-order valence-electron chi connectivity index (χ2n) is 1.02. The molecule has 8 heavy (non-hydrogen) atoms. The molecule has 0 saturated carbocycles. The fraction of sp³-hybridized carbons (Fsp3) is 0. The van der Waals surface area contributed by atoms with Gasteiger partial charge in [-0.05, 0) is 12.1 Å². The molecule has 0 bridgehead atoms. The first kappa shape index (κ1) is 11.4. The third kappa shape index (κ3) is 4.78. The van der Waals surface area contributed by atoms with E-state index in [9.17, 15) is 0 Å². The minimum Gasteiger partial charge on any atom is -0.265 e. The van der Waals surface area contributed by atoms with Crippen molar-refractivity contribution in [2.24, 2.45) is 0 Å². The smallest absolute Gasteiger partial charge is 0.265 e. The molecule has 3 heteroatoms. The molecule has 0 aliphatic rings. The van der Waals surface area contributed by atoms with Crippen LogP contribution in [0, 0.1) is 0 Å². The second kappa shape index (κ2) is 7.63. The van der Waals surface area contributed by atoms with Crippen LogP contribution in [0.15, 0.2) is 30.6 Å². The van der Waals surface area contributed by atoms with Crippen LogP contribution in [-0.4, -0.2) is 4.98 Å². The fourth-order valence-corrected chi connectivity index (χ4v) is 0.313. The molecular weight excluding hydrogens is 290 g/mol. The molecule has 0 amide bonds. The first-order chi connectivity index (χ1) is 3.00. The van der Waals surface area contributed by atoms with E-state index in [1.807, 2.05) is 18.2 Å². The Balaban J connectivity index is 0. The largest absolute Gasteiger partial charge is 1.00 e. The van der Waals surface area contributed by atoms with E-state index in [1.165, 1.54) is 0 Å². The van der Waals surface area contributed by atoms with Gasteiger partial charge < -0.3 is 0 Å². The molecule has 0 N–H and O–H groups in total. The third-order valence-electron chi connectivity index (χ3n) is 0.566. The molecule has 0 aliphatic carbocycles. The van der Waals surface area contributed by atoms with E-state index < -0.39 is 0 Å². The minimum absolute atomic E-state index is 0. The van der Waals surface area contributed by atoms with Crippen molar-refractivity contribution in [3.05, 3.63) is 30.6 Å². The average Bonchev–Trinajstić information content (AvgIpc) is 1.72. The van der Waals surface area contributed by atoms with Gasteiger partial charge in [0, 0.05) is 12.4 Å². The van der Waals surface area contributed by atoms with Crippen LogP contribution < -0.4 is 0 Å². The Morgan fingerprint density at radius 1 is 0.750 bits per heavy atom. The molecule has 0 fully saturated rings. The molecule has 1 heterocycles. The van der Waals surface area contributed by atoms with Gasteiger partial charge in [0.1, 0.15) is 0 Å². The molecule has 0 atom stereocenters. The Labute approximate surface area is 79.9 Å². The molecule has 0 unspecified atom stereocenters. The van der Waals surface area contributed by atoms with Crippen LogP contribution >= 0.6 is 0 Å². The zero-order valence-corrected chi connectivity index (χ0v) is 6.90. The number of pyridine rings is 1. The zero-order valence-electron chi connectivity index (χ0n) is 3.94. The van der Waals surface area contributed by atoms with Gasteiger partial charge in [0.25, 0.3) is 0 Å². The van der Waals surface area contributed by atoms with Crippen molar-refractivity contribution in [3.8, 4) is 0 Å². The van der Waals surface area contributed by atoms with Crippen molar-refractivity contribution >= 4 is 0 Å². The summed E-state index contributed by atoms with van der Waals surface area (Å²) in [6.07, 6.45) is 3.50. The van der Waals surface area contributed by atoms with E-state index in [-0.39, 0.29) is 44.8 Å². The first-order valence-corrected chi connectivity index (χ1v) is 1.85. The Morgan fingerprint density at radius 2 is 1.25 bits per heavy atom. The zero-order chi connectivity index (χ0) is 4.24. The molecule has 1 aromatic heterocycles. The summed E-state index contributed by atoms with van der Waals surface area (Å²) in [7, 11) is 0. The van der Waals surface area contributed by atoms with Gasteiger partial charge >= 0.3 is 44.8 Å². The SMILES string of the molecule is [Ag+].[Ag+].c1ccncc1. The van der Waals surface area contributed by atoms with Gasteiger partial charge in [-0.25, -0.2) is 0 Å². The van der Waals surface area contributed by atoms with Crippen LogP contribution in [0.4, 0.5) is 0 Å². The van der Waals surface area contributed by atoms with Crippen LogP contribution in [-0.2, 0) is 44.8 Å². The van der Waals surface area contributed by atoms with Gasteiger partial charge in [-0.2, -0.15) is 0 Å². The maximum atomic E-state index is 3.78. The molecule has 1 aromatic rings. The maximum absolute atomic E-state index is 3.78. The Bertz CT molecular complexity index is 82.4. The number of hydrogen-bond acceptors (Lipinski definition) is 1. The second-order valence-corrected chi connectivity index (χ2v) is 1.02. The van der Waals surface area contributed by atoms with Crippen LogP contribution in [0.3, 0.4) is 0 Å². The molecule has 0 aliphatic heterocycles. The number of nitrogens with zero attached hydrogens (tertiary/aromatic N) is 1. The van der Waals surface area contributed by atoms with Crippen molar-refractivity contribution in [1.82, 2.24) is 4.98 Å². The summed E-state index contributed by atoms with van der Waals surface area (Å²) in [6, 6.07) is 5.72. The van der Waals surface area contributed by atoms with Crippen molar-refractivity contribution < 1.29 is 44.8 Å². The Kier molecular flexibility index (Phi) is 10.9. The van der Waals surface area contributed by atoms with E-state index in [1.54, 1.807) is 12.4 Å². The molecule has 1 rings (SSSR count). The van der Waals surface area contributed by atoms with Gasteiger partial charge in [0.15, 0.2) is 0 Å². The van der Waals surface area contributed by atoms with E-state index in [4.69, 9.17) is 0 Å². The summed E-state index contributed by atoms with van der Waals surface area (Å²) in [6.45, 7) is 0. The first-order valence-electron chi connectivity index (χ1n) is 1.85. The molecule has 0 saturated heterocycles. The minimum atomic E-state index is 0. The Morgan fingerprint density at radius 3 is 1.38 bits per heavy atom. The molecule has 0 aromatic carbocycles. The summed E-state index contributed by atoms with van der Waals surface area (Å²) < 4.78 is 0. The van der Waals surface area contributed by atoms with Crippen LogP contribution in [0.5, 0.6) is 0 Å². The molecular formula is C5H5Ag2N+2. The molecule has 0 spiro atoms. The summed E-state index contributed by atoms with van der Waals surface area (Å²) in [5.41, 5.74) is 0. The van der Waals surface area contributed by atoms with Gasteiger partial charge in [-0.3, -0.25) is 4.98 Å². The van der Waals surface area contributed by atoms with E-state index in [2.05, 4.69) is 4.98 Å². The standard InChI is InChI=1S/C5H5N.2Ag/c1-2-4-6-5-3-1;;/h1-5H;;/q;2*+1. The quantitative estimate of drug-likeness (QED) is 0.653. The summed E-state index contributed by atoms with van der Waals surface area (Å²) in [5.74, 6) is 0.